The van der Waals surface area contributed by atoms with Crippen molar-refractivity contribution in [2.24, 2.45) is 0 Å². The van der Waals surface area contributed by atoms with Gasteiger partial charge in [-0.2, -0.15) is 5.10 Å². The van der Waals surface area contributed by atoms with Crippen LogP contribution in [0.15, 0.2) is 0 Å². The summed E-state index contributed by atoms with van der Waals surface area (Å²) in [7, 11) is 0. The first kappa shape index (κ1) is 16.5. The van der Waals surface area contributed by atoms with Crippen molar-refractivity contribution in [3.8, 4) is 0 Å². The minimum atomic E-state index is -0.206. The highest BCUT2D eigenvalue weighted by molar-refractivity contribution is 5.97. The molecule has 1 aromatic rings. The Morgan fingerprint density at radius 2 is 2.10 bits per heavy atom. The summed E-state index contributed by atoms with van der Waals surface area (Å²) in [6, 6.07) is 0.120. The molecule has 0 aliphatic rings. The van der Waals surface area contributed by atoms with E-state index in [9.17, 15) is 4.79 Å². The molecule has 4 N–H and O–H groups in total. The number of nitrogens with two attached hydrogens (primary N) is 1. The summed E-state index contributed by atoms with van der Waals surface area (Å²) < 4.78 is 0. The van der Waals surface area contributed by atoms with Gasteiger partial charge in [0, 0.05) is 6.04 Å². The van der Waals surface area contributed by atoms with Crippen molar-refractivity contribution in [3.63, 3.8) is 0 Å². The lowest BCUT2D eigenvalue weighted by atomic mass is 10.1. The molecule has 0 aliphatic carbocycles. The van der Waals surface area contributed by atoms with E-state index in [1.54, 1.807) is 6.92 Å². The third-order valence-corrected chi connectivity index (χ3v) is 3.59. The lowest BCUT2D eigenvalue weighted by Crippen LogP contribution is -2.34. The molecule has 114 valence electrons. The van der Waals surface area contributed by atoms with E-state index in [1.165, 1.54) is 0 Å². The van der Waals surface area contributed by atoms with E-state index in [4.69, 9.17) is 5.73 Å². The smallest absolute Gasteiger partial charge is 0.274 e. The van der Waals surface area contributed by atoms with E-state index in [0.29, 0.717) is 5.69 Å². The Morgan fingerprint density at radius 1 is 1.45 bits per heavy atom. The number of aromatic amines is 1. The molecule has 0 bridgehead atoms. The third kappa shape index (κ3) is 4.52. The molecule has 0 radical (unpaired) electrons. The van der Waals surface area contributed by atoms with E-state index in [0.717, 1.165) is 38.2 Å². The maximum atomic E-state index is 12.0. The Balaban J connectivity index is 2.37. The number of rotatable bonds is 8. The molecule has 0 aromatic carbocycles. The topological polar surface area (TPSA) is 87.0 Å². The third-order valence-electron chi connectivity index (χ3n) is 3.59. The first-order valence-corrected chi connectivity index (χ1v) is 7.33. The van der Waals surface area contributed by atoms with Gasteiger partial charge < -0.3 is 16.0 Å². The fraction of sp³-hybridized carbons (Fsp3) is 0.714. The number of nitrogens with one attached hydrogen (secondary N) is 2. The van der Waals surface area contributed by atoms with E-state index in [1.807, 2.05) is 6.92 Å². The zero-order valence-corrected chi connectivity index (χ0v) is 13.0. The number of H-pyrrole nitrogens is 1. The molecule has 6 nitrogen and oxygen atoms in total. The number of anilines is 1. The van der Waals surface area contributed by atoms with Crippen molar-refractivity contribution >= 4 is 11.6 Å². The van der Waals surface area contributed by atoms with Crippen molar-refractivity contribution in [2.75, 3.05) is 25.4 Å². The summed E-state index contributed by atoms with van der Waals surface area (Å²) in [4.78, 5) is 14.4. The maximum Gasteiger partial charge on any atom is 0.274 e. The first-order chi connectivity index (χ1) is 9.49. The van der Waals surface area contributed by atoms with Gasteiger partial charge in [-0.3, -0.25) is 9.89 Å². The largest absolute Gasteiger partial charge is 0.395 e. The predicted molar refractivity (Wildman–Crippen MR) is 81.7 cm³/mol. The molecule has 1 atom stereocenters. The molecule has 1 heterocycles. The Bertz CT molecular complexity index is 425. The molecular formula is C14H27N5O. The fourth-order valence-electron chi connectivity index (χ4n) is 2.14. The van der Waals surface area contributed by atoms with Gasteiger partial charge in [0.15, 0.2) is 5.69 Å². The van der Waals surface area contributed by atoms with Crippen LogP contribution >= 0.6 is 0 Å². The highest BCUT2D eigenvalue weighted by Crippen LogP contribution is 2.12. The number of hydrogen-bond acceptors (Lipinski definition) is 4. The highest BCUT2D eigenvalue weighted by Gasteiger charge is 2.17. The number of amides is 1. The molecule has 0 saturated carbocycles. The monoisotopic (exact) mass is 281 g/mol. The Labute approximate surface area is 121 Å². The standard InChI is InChI=1S/C14H27N5O/c1-5-19(6-2)9-7-8-10(3)16-14(20)13-12(15)11(4)17-18-13/h10H,5-9,15H2,1-4H3,(H,16,20)(H,17,18). The molecule has 0 fully saturated rings. The number of aryl methyl sites for hydroxylation is 1. The van der Waals surface area contributed by atoms with Gasteiger partial charge in [0.25, 0.3) is 5.91 Å². The van der Waals surface area contributed by atoms with Crippen molar-refractivity contribution in [1.82, 2.24) is 20.4 Å². The second kappa shape index (κ2) is 7.89. The van der Waals surface area contributed by atoms with Crippen molar-refractivity contribution in [3.05, 3.63) is 11.4 Å². The number of carbonyl (C=O) groups is 1. The van der Waals surface area contributed by atoms with Crippen LogP contribution in [0.4, 0.5) is 5.69 Å². The normalized spacial score (nSPS) is 12.7. The van der Waals surface area contributed by atoms with Crippen LogP contribution in [0.25, 0.3) is 0 Å². The minimum Gasteiger partial charge on any atom is -0.395 e. The molecule has 0 aliphatic heterocycles. The fourth-order valence-corrected chi connectivity index (χ4v) is 2.14. The van der Waals surface area contributed by atoms with Gasteiger partial charge >= 0.3 is 0 Å². The molecule has 1 unspecified atom stereocenters. The minimum absolute atomic E-state index is 0.120. The van der Waals surface area contributed by atoms with Gasteiger partial charge in [-0.25, -0.2) is 0 Å². The number of hydrogen-bond donors (Lipinski definition) is 3. The SMILES string of the molecule is CCN(CC)CCCC(C)NC(=O)c1n[nH]c(C)c1N. The van der Waals surface area contributed by atoms with Gasteiger partial charge in [-0.1, -0.05) is 13.8 Å². The average molecular weight is 281 g/mol. The summed E-state index contributed by atoms with van der Waals surface area (Å²) >= 11 is 0. The summed E-state index contributed by atoms with van der Waals surface area (Å²) in [5.41, 5.74) is 7.24. The van der Waals surface area contributed by atoms with Crippen LogP contribution in [0.2, 0.25) is 0 Å². The lowest BCUT2D eigenvalue weighted by molar-refractivity contribution is 0.0933. The predicted octanol–water partition coefficient (Wildman–Crippen LogP) is 1.54. The molecule has 1 amide bonds. The van der Waals surface area contributed by atoms with Crippen molar-refractivity contribution < 1.29 is 4.79 Å². The van der Waals surface area contributed by atoms with Crippen LogP contribution in [-0.4, -0.2) is 46.7 Å². The van der Waals surface area contributed by atoms with Gasteiger partial charge in [0.2, 0.25) is 0 Å². The van der Waals surface area contributed by atoms with Gasteiger partial charge in [0.1, 0.15) is 0 Å². The molecule has 0 saturated heterocycles. The Hall–Kier alpha value is -1.56. The van der Waals surface area contributed by atoms with E-state index < -0.39 is 0 Å². The number of carbonyl (C=O) groups excluding carboxylic acids is 1. The summed E-state index contributed by atoms with van der Waals surface area (Å²) in [5, 5.41) is 9.60. The van der Waals surface area contributed by atoms with Gasteiger partial charge in [-0.05, 0) is 46.3 Å². The zero-order chi connectivity index (χ0) is 15.1. The van der Waals surface area contributed by atoms with Crippen LogP contribution in [0, 0.1) is 6.92 Å². The van der Waals surface area contributed by atoms with Crippen LogP contribution in [0.1, 0.15) is 49.8 Å². The summed E-state index contributed by atoms with van der Waals surface area (Å²) in [6.45, 7) is 11.3. The second-order valence-corrected chi connectivity index (χ2v) is 5.15. The van der Waals surface area contributed by atoms with Gasteiger partial charge in [-0.15, -0.1) is 0 Å². The number of nitrogens with zero attached hydrogens (tertiary/aromatic N) is 2. The van der Waals surface area contributed by atoms with E-state index in [2.05, 4.69) is 34.3 Å². The van der Waals surface area contributed by atoms with E-state index in [-0.39, 0.29) is 17.6 Å². The average Bonchev–Trinajstić information content (AvgIpc) is 2.75. The molecule has 1 aromatic heterocycles. The molecule has 6 heteroatoms. The molecule has 1 rings (SSSR count). The van der Waals surface area contributed by atoms with Crippen LogP contribution in [0.3, 0.4) is 0 Å². The first-order valence-electron chi connectivity index (χ1n) is 7.33. The Kier molecular flexibility index (Phi) is 6.51. The zero-order valence-electron chi connectivity index (χ0n) is 13.0. The lowest BCUT2D eigenvalue weighted by Gasteiger charge is -2.19. The van der Waals surface area contributed by atoms with Crippen LogP contribution in [0.5, 0.6) is 0 Å². The number of nitrogen functional groups attached to an aromatic ring is 1. The molecule has 0 spiro atoms. The Morgan fingerprint density at radius 3 is 2.60 bits per heavy atom. The summed E-state index contributed by atoms with van der Waals surface area (Å²) in [5.74, 6) is -0.206. The van der Waals surface area contributed by atoms with Crippen molar-refractivity contribution in [2.45, 2.75) is 46.6 Å². The van der Waals surface area contributed by atoms with Gasteiger partial charge in [0.05, 0.1) is 11.4 Å². The van der Waals surface area contributed by atoms with Crippen LogP contribution < -0.4 is 11.1 Å². The molecular weight excluding hydrogens is 254 g/mol. The highest BCUT2D eigenvalue weighted by atomic mass is 16.2. The molecule has 20 heavy (non-hydrogen) atoms. The maximum absolute atomic E-state index is 12.0. The summed E-state index contributed by atoms with van der Waals surface area (Å²) in [6.07, 6.45) is 2.02. The second-order valence-electron chi connectivity index (χ2n) is 5.15. The van der Waals surface area contributed by atoms with Crippen LogP contribution in [-0.2, 0) is 0 Å². The quantitative estimate of drug-likeness (QED) is 0.674. The van der Waals surface area contributed by atoms with Crippen molar-refractivity contribution in [1.29, 1.82) is 0 Å². The number of aromatic nitrogens is 2. The van der Waals surface area contributed by atoms with E-state index >= 15 is 0 Å².